The Bertz CT molecular complexity index is 1560. The number of aromatic nitrogens is 3. The van der Waals surface area contributed by atoms with Gasteiger partial charge in [-0.15, -0.1) is 0 Å². The smallest absolute Gasteiger partial charge is 0.213 e. The number of benzene rings is 1. The van der Waals surface area contributed by atoms with Gasteiger partial charge in [-0.3, -0.25) is 9.88 Å². The van der Waals surface area contributed by atoms with Crippen LogP contribution in [-0.2, 0) is 16.5 Å². The van der Waals surface area contributed by atoms with Crippen LogP contribution in [0.1, 0.15) is 25.7 Å². The second-order valence-corrected chi connectivity index (χ2v) is 11.5. The summed E-state index contributed by atoms with van der Waals surface area (Å²) in [6.07, 6.45) is 10.9. The van der Waals surface area contributed by atoms with Gasteiger partial charge >= 0.3 is 0 Å². The number of hydrogen-bond acceptors (Lipinski definition) is 7. The van der Waals surface area contributed by atoms with Crippen molar-refractivity contribution < 1.29 is 14.2 Å². The molecule has 1 saturated carbocycles. The minimum atomic E-state index is 0.142. The van der Waals surface area contributed by atoms with Gasteiger partial charge in [0.15, 0.2) is 0 Å². The highest BCUT2D eigenvalue weighted by atomic mass is 16.5. The van der Waals surface area contributed by atoms with Crippen LogP contribution in [0.25, 0.3) is 32.9 Å². The summed E-state index contributed by atoms with van der Waals surface area (Å²) in [5, 5.41) is 5.66. The van der Waals surface area contributed by atoms with Crippen molar-refractivity contribution in [1.82, 2.24) is 24.8 Å². The third-order valence-electron chi connectivity index (χ3n) is 8.63. The van der Waals surface area contributed by atoms with Crippen molar-refractivity contribution in [2.24, 2.45) is 7.05 Å². The predicted octanol–water partition coefficient (Wildman–Crippen LogP) is 4.17. The molecule has 1 aliphatic carbocycles. The number of nitrogens with one attached hydrogen (secondary N) is 1. The minimum absolute atomic E-state index is 0.142. The van der Waals surface area contributed by atoms with Crippen molar-refractivity contribution >= 4 is 21.8 Å². The van der Waals surface area contributed by atoms with Crippen LogP contribution in [0.4, 0.5) is 0 Å². The zero-order valence-electron chi connectivity index (χ0n) is 23.6. The first-order valence-electron chi connectivity index (χ1n) is 14.8. The summed E-state index contributed by atoms with van der Waals surface area (Å²) in [6, 6.07) is 12.6. The monoisotopic (exact) mass is 551 g/mol. The van der Waals surface area contributed by atoms with Gasteiger partial charge in [-0.1, -0.05) is 24.0 Å². The van der Waals surface area contributed by atoms with E-state index in [0.29, 0.717) is 24.7 Å². The number of ether oxygens (including phenoxy) is 3. The number of aryl methyl sites for hydroxylation is 1. The lowest BCUT2D eigenvalue weighted by Crippen LogP contribution is -2.52. The molecule has 212 valence electrons. The molecule has 1 atom stereocenters. The Morgan fingerprint density at radius 1 is 0.927 bits per heavy atom. The van der Waals surface area contributed by atoms with E-state index in [2.05, 4.69) is 74.0 Å². The van der Waals surface area contributed by atoms with E-state index in [4.69, 9.17) is 14.2 Å². The van der Waals surface area contributed by atoms with Crippen molar-refractivity contribution in [3.05, 3.63) is 55.0 Å². The summed E-state index contributed by atoms with van der Waals surface area (Å²) >= 11 is 0. The Hall–Kier alpha value is -3.48. The van der Waals surface area contributed by atoms with Crippen LogP contribution in [0.2, 0.25) is 0 Å². The molecule has 0 spiro atoms. The molecule has 0 bridgehead atoms. The van der Waals surface area contributed by atoms with Gasteiger partial charge in [0, 0.05) is 86.0 Å². The maximum atomic E-state index is 6.15. The van der Waals surface area contributed by atoms with Crippen LogP contribution >= 0.6 is 0 Å². The average Bonchev–Trinajstić information content (AvgIpc) is 3.25. The molecule has 7 rings (SSSR count). The van der Waals surface area contributed by atoms with Crippen molar-refractivity contribution in [3.8, 4) is 28.8 Å². The molecule has 1 unspecified atom stereocenters. The van der Waals surface area contributed by atoms with E-state index in [-0.39, 0.29) is 12.2 Å². The highest BCUT2D eigenvalue weighted by Gasteiger charge is 2.32. The quantitative estimate of drug-likeness (QED) is 0.330. The van der Waals surface area contributed by atoms with Crippen molar-refractivity contribution in [2.75, 3.05) is 39.3 Å². The van der Waals surface area contributed by atoms with E-state index in [9.17, 15) is 0 Å². The van der Waals surface area contributed by atoms with E-state index in [1.165, 1.54) is 28.2 Å². The molecule has 4 aromatic rings. The maximum absolute atomic E-state index is 6.15. The normalized spacial score (nSPS) is 23.1. The third-order valence-corrected chi connectivity index (χ3v) is 8.63. The maximum Gasteiger partial charge on any atom is 0.213 e. The number of hydrogen-bond donors (Lipinski definition) is 1. The molecule has 3 aliphatic rings. The molecule has 5 heterocycles. The summed E-state index contributed by atoms with van der Waals surface area (Å²) in [7, 11) is 2.10. The highest BCUT2D eigenvalue weighted by Crippen LogP contribution is 2.32. The number of piperidine rings is 1. The van der Waals surface area contributed by atoms with Crippen molar-refractivity contribution in [3.63, 3.8) is 0 Å². The fourth-order valence-corrected chi connectivity index (χ4v) is 6.05. The lowest BCUT2D eigenvalue weighted by Gasteiger charge is -2.36. The van der Waals surface area contributed by atoms with Crippen molar-refractivity contribution in [2.45, 2.75) is 50.1 Å². The van der Waals surface area contributed by atoms with E-state index in [1.807, 2.05) is 24.7 Å². The molecule has 3 aromatic heterocycles. The predicted molar refractivity (Wildman–Crippen MR) is 160 cm³/mol. The second kappa shape index (κ2) is 11.8. The topological polar surface area (TPSA) is 73.7 Å². The fraction of sp³-hybridized carbons (Fsp3) is 0.455. The van der Waals surface area contributed by atoms with Gasteiger partial charge in [0.2, 0.25) is 5.88 Å². The van der Waals surface area contributed by atoms with E-state index in [1.54, 1.807) is 0 Å². The Morgan fingerprint density at radius 2 is 1.83 bits per heavy atom. The zero-order valence-corrected chi connectivity index (χ0v) is 23.6. The van der Waals surface area contributed by atoms with Crippen LogP contribution in [0.3, 0.4) is 0 Å². The number of fused-ring (bicyclic) bond motifs is 3. The minimum Gasteiger partial charge on any atom is -0.474 e. The number of pyridine rings is 2. The van der Waals surface area contributed by atoms with Crippen LogP contribution in [0.5, 0.6) is 5.88 Å². The molecule has 2 saturated heterocycles. The van der Waals surface area contributed by atoms with Crippen molar-refractivity contribution in [1.29, 1.82) is 0 Å². The molecular weight excluding hydrogens is 514 g/mol. The second-order valence-electron chi connectivity index (χ2n) is 11.5. The first-order valence-corrected chi connectivity index (χ1v) is 14.8. The number of nitrogens with zero attached hydrogens (tertiary/aromatic N) is 4. The third kappa shape index (κ3) is 5.81. The van der Waals surface area contributed by atoms with E-state index >= 15 is 0 Å². The van der Waals surface area contributed by atoms with Gasteiger partial charge in [-0.2, -0.15) is 0 Å². The Balaban J connectivity index is 0.850. The van der Waals surface area contributed by atoms with Gasteiger partial charge in [0.05, 0.1) is 30.4 Å². The lowest BCUT2D eigenvalue weighted by molar-refractivity contribution is -0.0647. The molecule has 0 amide bonds. The van der Waals surface area contributed by atoms with Crippen LogP contribution in [-0.4, -0.2) is 83.2 Å². The van der Waals surface area contributed by atoms with Gasteiger partial charge < -0.3 is 24.1 Å². The summed E-state index contributed by atoms with van der Waals surface area (Å²) in [4.78, 5) is 11.3. The molecular formula is C33H37N5O3. The Morgan fingerprint density at radius 3 is 2.66 bits per heavy atom. The zero-order chi connectivity index (χ0) is 27.6. The SMILES string of the molecule is Cn1c2ccncc2c2ccc(-c3ccc(OC4CC(OCC#CCN5CCCC(OC6CNC6)C5)C4)nc3)cc21. The molecule has 3 fully saturated rings. The fourth-order valence-electron chi connectivity index (χ4n) is 6.05. The lowest BCUT2D eigenvalue weighted by atomic mass is 9.92. The van der Waals surface area contributed by atoms with Gasteiger partial charge in [-0.05, 0) is 43.1 Å². The van der Waals surface area contributed by atoms with E-state index < -0.39 is 0 Å². The highest BCUT2D eigenvalue weighted by molar-refractivity contribution is 6.08. The summed E-state index contributed by atoms with van der Waals surface area (Å²) in [5.74, 6) is 7.14. The molecule has 41 heavy (non-hydrogen) atoms. The van der Waals surface area contributed by atoms with Crippen LogP contribution in [0, 0.1) is 11.8 Å². The standard InChI is InChI=1S/C33H37N5O3/c1-37-31-10-11-34-21-30(31)29-8-6-23(15-32(29)37)24-7-9-33(36-18-24)41-27-16-26(17-27)39-14-3-2-12-38-13-4-5-25(22-38)40-28-19-35-20-28/h6-11,15,18,21,25-28,35H,4-5,12-14,16-17,19-20,22H2,1H3. The molecule has 8 heteroatoms. The summed E-state index contributed by atoms with van der Waals surface area (Å²) in [5.41, 5.74) is 4.57. The van der Waals surface area contributed by atoms with Crippen LogP contribution < -0.4 is 10.1 Å². The first-order chi connectivity index (χ1) is 20.2. The molecule has 2 aliphatic heterocycles. The molecule has 1 aromatic carbocycles. The van der Waals surface area contributed by atoms with Gasteiger partial charge in [-0.25, -0.2) is 4.98 Å². The average molecular weight is 552 g/mol. The summed E-state index contributed by atoms with van der Waals surface area (Å²) < 4.78 is 20.4. The van der Waals surface area contributed by atoms with E-state index in [0.717, 1.165) is 63.1 Å². The Labute approximate surface area is 241 Å². The van der Waals surface area contributed by atoms with Gasteiger partial charge in [0.25, 0.3) is 0 Å². The number of rotatable bonds is 8. The summed E-state index contributed by atoms with van der Waals surface area (Å²) in [6.45, 7) is 5.34. The van der Waals surface area contributed by atoms with Gasteiger partial charge in [0.1, 0.15) is 12.7 Å². The molecule has 0 radical (unpaired) electrons. The largest absolute Gasteiger partial charge is 0.474 e. The molecule has 1 N–H and O–H groups in total. The molecule has 8 nitrogen and oxygen atoms in total. The Kier molecular flexibility index (Phi) is 7.60. The first kappa shape index (κ1) is 26.4. The van der Waals surface area contributed by atoms with Crippen LogP contribution in [0.15, 0.2) is 55.0 Å². The number of likely N-dealkylation sites (tertiary alicyclic amines) is 1.